The van der Waals surface area contributed by atoms with Crippen molar-refractivity contribution < 1.29 is 21.9 Å². The van der Waals surface area contributed by atoms with Crippen LogP contribution < -0.4 is 4.74 Å². The van der Waals surface area contributed by atoms with E-state index in [1.165, 1.54) is 28.6 Å². The predicted molar refractivity (Wildman–Crippen MR) is 128 cm³/mol. The summed E-state index contributed by atoms with van der Waals surface area (Å²) < 4.78 is 58.8. The van der Waals surface area contributed by atoms with Gasteiger partial charge in [0.1, 0.15) is 17.1 Å². The molecule has 0 spiro atoms. The number of rotatable bonds is 6. The largest absolute Gasteiger partial charge is 0.435 e. The first kappa shape index (κ1) is 23.7. The monoisotopic (exact) mass is 518 g/mol. The van der Waals surface area contributed by atoms with E-state index in [1.807, 2.05) is 30.3 Å². The van der Waals surface area contributed by atoms with Gasteiger partial charge in [-0.2, -0.15) is 13.1 Å². The predicted octanol–water partition coefficient (Wildman–Crippen LogP) is 5.38. The lowest BCUT2D eigenvalue weighted by Gasteiger charge is -2.32. The quantitative estimate of drug-likeness (QED) is 0.342. The Bertz CT molecular complexity index is 1450. The summed E-state index contributed by atoms with van der Waals surface area (Å²) in [6, 6.07) is 16.2. The minimum Gasteiger partial charge on any atom is -0.435 e. The lowest BCUT2D eigenvalue weighted by molar-refractivity contribution is -0.0498. The molecule has 0 saturated carbocycles. The summed E-state index contributed by atoms with van der Waals surface area (Å²) in [6.07, 6.45) is 2.80. The molecule has 2 aromatic heterocycles. The Balaban J connectivity index is 1.40. The number of benzene rings is 2. The molecule has 0 amide bonds. The zero-order valence-corrected chi connectivity index (χ0v) is 20.0. The number of imidazole rings is 1. The number of halogens is 3. The molecule has 5 rings (SSSR count). The molecule has 35 heavy (non-hydrogen) atoms. The van der Waals surface area contributed by atoms with Crippen LogP contribution >= 0.6 is 11.6 Å². The minimum atomic E-state index is -3.78. The normalized spacial score (nSPS) is 15.7. The van der Waals surface area contributed by atoms with E-state index in [0.717, 1.165) is 16.7 Å². The van der Waals surface area contributed by atoms with Crippen molar-refractivity contribution in [1.29, 1.82) is 0 Å². The van der Waals surface area contributed by atoms with Crippen LogP contribution in [0, 0.1) is 0 Å². The first-order valence-corrected chi connectivity index (χ1v) is 12.8. The summed E-state index contributed by atoms with van der Waals surface area (Å²) in [5, 5.41) is 0.573. The Morgan fingerprint density at radius 3 is 2.40 bits per heavy atom. The van der Waals surface area contributed by atoms with Crippen LogP contribution in [0.1, 0.15) is 18.9 Å². The van der Waals surface area contributed by atoms with Gasteiger partial charge in [0.2, 0.25) is 10.0 Å². The first-order valence-electron chi connectivity index (χ1n) is 11.0. The summed E-state index contributed by atoms with van der Waals surface area (Å²) in [5.74, 6) is 0.601. The molecule has 1 fully saturated rings. The third kappa shape index (κ3) is 4.61. The van der Waals surface area contributed by atoms with Crippen molar-refractivity contribution in [3.63, 3.8) is 0 Å². The second-order valence-electron chi connectivity index (χ2n) is 8.12. The van der Waals surface area contributed by atoms with Gasteiger partial charge >= 0.3 is 6.61 Å². The molecule has 2 aromatic carbocycles. The minimum absolute atomic E-state index is 0.0315. The number of piperidine rings is 1. The maximum atomic E-state index is 13.1. The number of nitrogens with zero attached hydrogens (tertiary/aromatic N) is 4. The molecular weight excluding hydrogens is 498 g/mol. The van der Waals surface area contributed by atoms with Gasteiger partial charge in [-0.15, -0.1) is 0 Å². The Morgan fingerprint density at radius 2 is 1.71 bits per heavy atom. The number of pyridine rings is 1. The second-order valence-corrected chi connectivity index (χ2v) is 10.5. The summed E-state index contributed by atoms with van der Waals surface area (Å²) in [4.78, 5) is 9.35. The zero-order valence-electron chi connectivity index (χ0n) is 18.4. The molecule has 1 aliphatic rings. The molecule has 3 heterocycles. The van der Waals surface area contributed by atoms with E-state index in [-0.39, 0.29) is 29.8 Å². The molecule has 0 N–H and O–H groups in total. The van der Waals surface area contributed by atoms with Crippen LogP contribution in [0.3, 0.4) is 0 Å². The van der Waals surface area contributed by atoms with Crippen molar-refractivity contribution in [2.24, 2.45) is 0 Å². The maximum absolute atomic E-state index is 13.1. The Hall–Kier alpha value is -3.08. The highest BCUT2D eigenvalue weighted by molar-refractivity contribution is 7.89. The molecule has 0 bridgehead atoms. The fourth-order valence-electron chi connectivity index (χ4n) is 4.39. The van der Waals surface area contributed by atoms with Crippen LogP contribution in [0.4, 0.5) is 8.78 Å². The van der Waals surface area contributed by atoms with E-state index >= 15 is 0 Å². The Labute approximate surface area is 206 Å². The molecule has 182 valence electrons. The van der Waals surface area contributed by atoms with E-state index in [0.29, 0.717) is 23.7 Å². The number of hydrogen-bond donors (Lipinski definition) is 0. The van der Waals surface area contributed by atoms with E-state index < -0.39 is 16.6 Å². The van der Waals surface area contributed by atoms with Crippen molar-refractivity contribution in [2.45, 2.75) is 30.4 Å². The lowest BCUT2D eigenvalue weighted by Crippen LogP contribution is -2.39. The lowest BCUT2D eigenvalue weighted by atomic mass is 10.1. The highest BCUT2D eigenvalue weighted by atomic mass is 35.5. The van der Waals surface area contributed by atoms with Crippen LogP contribution in [0.25, 0.3) is 22.6 Å². The molecule has 4 aromatic rings. The number of hydrogen-bond acceptors (Lipinski definition) is 5. The molecule has 1 aliphatic heterocycles. The number of alkyl halides is 2. The van der Waals surface area contributed by atoms with Gasteiger partial charge in [-0.1, -0.05) is 23.7 Å². The third-order valence-corrected chi connectivity index (χ3v) is 8.28. The van der Waals surface area contributed by atoms with Crippen molar-refractivity contribution in [1.82, 2.24) is 18.8 Å². The van der Waals surface area contributed by atoms with Gasteiger partial charge in [-0.3, -0.25) is 0 Å². The van der Waals surface area contributed by atoms with Crippen molar-refractivity contribution in [3.05, 3.63) is 71.9 Å². The topological polar surface area (TPSA) is 77.3 Å². The van der Waals surface area contributed by atoms with Gasteiger partial charge in [-0.25, -0.2) is 18.4 Å². The number of sulfonamides is 1. The van der Waals surface area contributed by atoms with Gasteiger partial charge in [0, 0.05) is 30.9 Å². The molecular formula is C24H21ClF2N4O3S. The van der Waals surface area contributed by atoms with E-state index in [9.17, 15) is 17.2 Å². The highest BCUT2D eigenvalue weighted by Crippen LogP contribution is 2.36. The maximum Gasteiger partial charge on any atom is 0.387 e. The fraction of sp³-hybridized carbons (Fsp3) is 0.250. The van der Waals surface area contributed by atoms with Crippen LogP contribution in [0.5, 0.6) is 5.75 Å². The van der Waals surface area contributed by atoms with Gasteiger partial charge in [0.25, 0.3) is 0 Å². The fourth-order valence-corrected chi connectivity index (χ4v) is 6.08. The Kier molecular flexibility index (Phi) is 6.43. The van der Waals surface area contributed by atoms with Gasteiger partial charge in [0.05, 0.1) is 9.92 Å². The molecule has 11 heteroatoms. The van der Waals surface area contributed by atoms with Gasteiger partial charge < -0.3 is 9.30 Å². The van der Waals surface area contributed by atoms with E-state index in [2.05, 4.69) is 14.3 Å². The summed E-state index contributed by atoms with van der Waals surface area (Å²) in [7, 11) is -3.78. The standard InChI is InChI=1S/C24H21ClF2N4O3S/c25-20-5-2-1-4-19(20)22-29-21-6-3-13-28-23(21)31(22)16-11-14-30(15-12-16)35(32,33)18-9-7-17(8-10-18)34-24(26)27/h1-10,13,16,24H,11-12,14-15H2. The van der Waals surface area contributed by atoms with Gasteiger partial charge in [-0.05, 0) is 61.4 Å². The van der Waals surface area contributed by atoms with Crippen molar-refractivity contribution in [3.8, 4) is 17.1 Å². The molecule has 0 aliphatic carbocycles. The van der Waals surface area contributed by atoms with Crippen LogP contribution in [-0.4, -0.2) is 47.0 Å². The average molecular weight is 519 g/mol. The highest BCUT2D eigenvalue weighted by Gasteiger charge is 2.32. The van der Waals surface area contributed by atoms with Crippen molar-refractivity contribution >= 4 is 32.8 Å². The molecule has 0 radical (unpaired) electrons. The summed E-state index contributed by atoms with van der Waals surface area (Å²) in [5.41, 5.74) is 2.25. The summed E-state index contributed by atoms with van der Waals surface area (Å²) in [6.45, 7) is -2.39. The van der Waals surface area contributed by atoms with Gasteiger partial charge in [0.15, 0.2) is 5.65 Å². The molecule has 7 nitrogen and oxygen atoms in total. The Morgan fingerprint density at radius 1 is 1.00 bits per heavy atom. The average Bonchev–Trinajstić information content (AvgIpc) is 3.24. The number of aromatic nitrogens is 3. The zero-order chi connectivity index (χ0) is 24.6. The first-order chi connectivity index (χ1) is 16.8. The smallest absolute Gasteiger partial charge is 0.387 e. The number of ether oxygens (including phenoxy) is 1. The van der Waals surface area contributed by atoms with Crippen LogP contribution in [-0.2, 0) is 10.0 Å². The number of fused-ring (bicyclic) bond motifs is 1. The van der Waals surface area contributed by atoms with Crippen molar-refractivity contribution in [2.75, 3.05) is 13.1 Å². The third-order valence-electron chi connectivity index (χ3n) is 6.04. The molecule has 0 unspecified atom stereocenters. The molecule has 0 atom stereocenters. The van der Waals surface area contributed by atoms with E-state index in [1.54, 1.807) is 12.3 Å². The van der Waals surface area contributed by atoms with Crippen LogP contribution in [0.15, 0.2) is 71.8 Å². The van der Waals surface area contributed by atoms with Crippen LogP contribution in [0.2, 0.25) is 5.02 Å². The van der Waals surface area contributed by atoms with E-state index in [4.69, 9.17) is 16.6 Å². The second kappa shape index (κ2) is 9.52. The molecule has 1 saturated heterocycles. The summed E-state index contributed by atoms with van der Waals surface area (Å²) >= 11 is 6.48. The SMILES string of the molecule is O=S(=O)(c1ccc(OC(F)F)cc1)N1CCC(n2c(-c3ccccc3Cl)nc3cccnc32)CC1.